The van der Waals surface area contributed by atoms with Crippen LogP contribution in [0.5, 0.6) is 0 Å². The zero-order valence-electron chi connectivity index (χ0n) is 10.4. The third-order valence-corrected chi connectivity index (χ3v) is 3.54. The van der Waals surface area contributed by atoms with Gasteiger partial charge in [-0.1, -0.05) is 25.2 Å². The summed E-state index contributed by atoms with van der Waals surface area (Å²) in [5.41, 5.74) is 0.600. The number of hydrogen-bond acceptors (Lipinski definition) is 6. The van der Waals surface area contributed by atoms with Crippen LogP contribution in [-0.4, -0.2) is 32.4 Å². The standard InChI is InChI=1S/C11H16N4O2S/c1-3-7-5-9(17)15-11(13-7)18-10(14-15)12-8(4-2)6-16/h5,8,16H,3-4,6H2,1-2H3,(H,12,14)/t8-/m1/s1. The first-order chi connectivity index (χ1) is 8.67. The molecular formula is C11H16N4O2S. The quantitative estimate of drug-likeness (QED) is 0.842. The Labute approximate surface area is 108 Å². The van der Waals surface area contributed by atoms with Gasteiger partial charge < -0.3 is 10.4 Å². The summed E-state index contributed by atoms with van der Waals surface area (Å²) in [6.45, 7) is 3.97. The lowest BCUT2D eigenvalue weighted by Crippen LogP contribution is -2.23. The molecule has 2 aromatic rings. The molecule has 2 rings (SSSR count). The highest BCUT2D eigenvalue weighted by Crippen LogP contribution is 2.18. The topological polar surface area (TPSA) is 79.5 Å². The van der Waals surface area contributed by atoms with Crippen LogP contribution in [0.1, 0.15) is 26.0 Å². The first kappa shape index (κ1) is 13.0. The van der Waals surface area contributed by atoms with Crippen LogP contribution >= 0.6 is 11.3 Å². The van der Waals surface area contributed by atoms with Gasteiger partial charge in [0, 0.05) is 11.8 Å². The van der Waals surface area contributed by atoms with E-state index in [2.05, 4.69) is 15.4 Å². The summed E-state index contributed by atoms with van der Waals surface area (Å²) in [6, 6.07) is 1.45. The normalized spacial score (nSPS) is 12.8. The minimum atomic E-state index is -0.168. The second-order valence-electron chi connectivity index (χ2n) is 3.97. The number of rotatable bonds is 5. The average molecular weight is 268 g/mol. The number of aliphatic hydroxyl groups is 1. The van der Waals surface area contributed by atoms with E-state index in [0.717, 1.165) is 18.5 Å². The lowest BCUT2D eigenvalue weighted by molar-refractivity contribution is 0.271. The number of aliphatic hydroxyl groups excluding tert-OH is 1. The van der Waals surface area contributed by atoms with E-state index in [9.17, 15) is 4.79 Å². The van der Waals surface area contributed by atoms with Gasteiger partial charge in [0.2, 0.25) is 10.1 Å². The fraction of sp³-hybridized carbons (Fsp3) is 0.545. The minimum absolute atomic E-state index is 0.0367. The molecule has 0 radical (unpaired) electrons. The number of anilines is 1. The van der Waals surface area contributed by atoms with Crippen LogP contribution in [0, 0.1) is 0 Å². The second-order valence-corrected chi connectivity index (χ2v) is 4.93. The Balaban J connectivity index is 2.38. The highest BCUT2D eigenvalue weighted by molar-refractivity contribution is 7.20. The summed E-state index contributed by atoms with van der Waals surface area (Å²) < 4.78 is 1.29. The van der Waals surface area contributed by atoms with E-state index in [-0.39, 0.29) is 18.2 Å². The maximum absolute atomic E-state index is 11.8. The third kappa shape index (κ3) is 2.51. The Morgan fingerprint density at radius 2 is 2.33 bits per heavy atom. The molecule has 18 heavy (non-hydrogen) atoms. The summed E-state index contributed by atoms with van der Waals surface area (Å²) >= 11 is 1.32. The van der Waals surface area contributed by atoms with E-state index in [1.165, 1.54) is 21.9 Å². The Bertz CT molecular complexity index is 588. The molecule has 2 N–H and O–H groups in total. The number of fused-ring (bicyclic) bond motifs is 1. The van der Waals surface area contributed by atoms with Gasteiger partial charge in [-0.25, -0.2) is 4.98 Å². The summed E-state index contributed by atoms with van der Waals surface area (Å²) in [5, 5.41) is 17.0. The molecule has 0 aliphatic heterocycles. The average Bonchev–Trinajstić information content (AvgIpc) is 2.78. The van der Waals surface area contributed by atoms with Crippen molar-refractivity contribution in [1.29, 1.82) is 0 Å². The molecular weight excluding hydrogens is 252 g/mol. The van der Waals surface area contributed by atoms with Gasteiger partial charge in [0.15, 0.2) is 0 Å². The van der Waals surface area contributed by atoms with Crippen molar-refractivity contribution in [3.05, 3.63) is 22.1 Å². The van der Waals surface area contributed by atoms with Crippen LogP contribution < -0.4 is 10.9 Å². The van der Waals surface area contributed by atoms with Crippen molar-refractivity contribution in [2.45, 2.75) is 32.7 Å². The molecule has 2 aromatic heterocycles. The molecule has 98 valence electrons. The van der Waals surface area contributed by atoms with Gasteiger partial charge in [-0.3, -0.25) is 4.79 Å². The largest absolute Gasteiger partial charge is 0.394 e. The van der Waals surface area contributed by atoms with Gasteiger partial charge in [0.1, 0.15) is 0 Å². The molecule has 0 saturated carbocycles. The summed E-state index contributed by atoms with van der Waals surface area (Å²) in [6.07, 6.45) is 1.51. The fourth-order valence-electron chi connectivity index (χ4n) is 1.55. The minimum Gasteiger partial charge on any atom is -0.394 e. The molecule has 0 aliphatic carbocycles. The van der Waals surface area contributed by atoms with E-state index >= 15 is 0 Å². The molecule has 2 heterocycles. The lowest BCUT2D eigenvalue weighted by atomic mass is 10.2. The maximum Gasteiger partial charge on any atom is 0.275 e. The molecule has 0 bridgehead atoms. The molecule has 0 unspecified atom stereocenters. The van der Waals surface area contributed by atoms with E-state index in [0.29, 0.717) is 10.1 Å². The molecule has 0 saturated heterocycles. The van der Waals surface area contributed by atoms with Gasteiger partial charge in [-0.05, 0) is 12.8 Å². The smallest absolute Gasteiger partial charge is 0.275 e. The van der Waals surface area contributed by atoms with E-state index < -0.39 is 0 Å². The van der Waals surface area contributed by atoms with E-state index in [1.807, 2.05) is 13.8 Å². The summed E-state index contributed by atoms with van der Waals surface area (Å²) in [5.74, 6) is 0. The third-order valence-electron chi connectivity index (χ3n) is 2.70. The number of aryl methyl sites for hydroxylation is 1. The molecule has 6 nitrogen and oxygen atoms in total. The molecule has 0 spiro atoms. The summed E-state index contributed by atoms with van der Waals surface area (Å²) in [7, 11) is 0. The number of aromatic nitrogens is 3. The predicted octanol–water partition coefficient (Wildman–Crippen LogP) is 0.896. The summed E-state index contributed by atoms with van der Waals surface area (Å²) in [4.78, 5) is 16.7. The van der Waals surface area contributed by atoms with Crippen LogP contribution in [0.15, 0.2) is 10.9 Å². The molecule has 1 atom stereocenters. The van der Waals surface area contributed by atoms with Crippen molar-refractivity contribution >= 4 is 21.4 Å². The highest BCUT2D eigenvalue weighted by Gasteiger charge is 2.11. The van der Waals surface area contributed by atoms with Gasteiger partial charge in [-0.2, -0.15) is 4.52 Å². The van der Waals surface area contributed by atoms with Crippen LogP contribution in [0.25, 0.3) is 4.96 Å². The lowest BCUT2D eigenvalue weighted by Gasteiger charge is -2.11. The molecule has 0 fully saturated rings. The molecule has 7 heteroatoms. The fourth-order valence-corrected chi connectivity index (χ4v) is 2.45. The zero-order valence-corrected chi connectivity index (χ0v) is 11.2. The molecule has 0 amide bonds. The Kier molecular flexibility index (Phi) is 3.93. The van der Waals surface area contributed by atoms with Crippen molar-refractivity contribution in [2.75, 3.05) is 11.9 Å². The first-order valence-corrected chi connectivity index (χ1v) is 6.76. The predicted molar refractivity (Wildman–Crippen MR) is 71.3 cm³/mol. The van der Waals surface area contributed by atoms with Crippen LogP contribution in [0.3, 0.4) is 0 Å². The number of hydrogen-bond donors (Lipinski definition) is 2. The van der Waals surface area contributed by atoms with Crippen molar-refractivity contribution in [1.82, 2.24) is 14.6 Å². The monoisotopic (exact) mass is 268 g/mol. The molecule has 0 aliphatic rings. The number of nitrogens with one attached hydrogen (secondary N) is 1. The van der Waals surface area contributed by atoms with Gasteiger partial charge in [0.25, 0.3) is 5.56 Å². The van der Waals surface area contributed by atoms with Gasteiger partial charge >= 0.3 is 0 Å². The van der Waals surface area contributed by atoms with Gasteiger partial charge in [-0.15, -0.1) is 5.10 Å². The van der Waals surface area contributed by atoms with Crippen molar-refractivity contribution in [3.8, 4) is 0 Å². The second kappa shape index (κ2) is 5.45. The van der Waals surface area contributed by atoms with Crippen LogP contribution in [-0.2, 0) is 6.42 Å². The Morgan fingerprint density at radius 1 is 1.56 bits per heavy atom. The zero-order chi connectivity index (χ0) is 13.1. The van der Waals surface area contributed by atoms with Crippen LogP contribution in [0.2, 0.25) is 0 Å². The van der Waals surface area contributed by atoms with Crippen LogP contribution in [0.4, 0.5) is 5.13 Å². The Hall–Kier alpha value is -1.47. The molecule has 0 aromatic carbocycles. The highest BCUT2D eigenvalue weighted by atomic mass is 32.1. The van der Waals surface area contributed by atoms with Crippen molar-refractivity contribution in [2.24, 2.45) is 0 Å². The van der Waals surface area contributed by atoms with Crippen molar-refractivity contribution in [3.63, 3.8) is 0 Å². The maximum atomic E-state index is 11.8. The SMILES string of the molecule is CCc1cc(=O)n2nc(N[C@H](CC)CO)sc2n1. The number of nitrogens with zero attached hydrogens (tertiary/aromatic N) is 3. The first-order valence-electron chi connectivity index (χ1n) is 5.95. The van der Waals surface area contributed by atoms with Gasteiger partial charge in [0.05, 0.1) is 12.6 Å². The Morgan fingerprint density at radius 3 is 2.94 bits per heavy atom. The van der Waals surface area contributed by atoms with E-state index in [1.54, 1.807) is 0 Å². The van der Waals surface area contributed by atoms with Crippen molar-refractivity contribution < 1.29 is 5.11 Å². The van der Waals surface area contributed by atoms with E-state index in [4.69, 9.17) is 5.11 Å².